The molecule has 29 heavy (non-hydrogen) atoms. The molecule has 0 amide bonds. The zero-order valence-electron chi connectivity index (χ0n) is 16.0. The molecule has 0 saturated carbocycles. The summed E-state index contributed by atoms with van der Waals surface area (Å²) in [7, 11) is 0. The highest BCUT2D eigenvalue weighted by molar-refractivity contribution is 7.99. The third-order valence-electron chi connectivity index (χ3n) is 4.10. The van der Waals surface area contributed by atoms with Gasteiger partial charge in [0, 0.05) is 22.9 Å². The number of aliphatic hydroxyl groups excluding tert-OH is 1. The second-order valence-electron chi connectivity index (χ2n) is 6.35. The molecular formula is C21H22ClN3O3S. The van der Waals surface area contributed by atoms with Gasteiger partial charge < -0.3 is 9.84 Å². The number of esters is 1. The fraction of sp³-hybridized carbons (Fsp3) is 0.286. The highest BCUT2D eigenvalue weighted by atomic mass is 35.5. The summed E-state index contributed by atoms with van der Waals surface area (Å²) in [4.78, 5) is 11.6. The van der Waals surface area contributed by atoms with Crippen molar-refractivity contribution in [3.8, 4) is 5.69 Å². The van der Waals surface area contributed by atoms with Crippen LogP contribution in [0.15, 0.2) is 59.8 Å². The molecule has 152 valence electrons. The molecule has 0 radical (unpaired) electrons. The van der Waals surface area contributed by atoms with E-state index in [1.807, 2.05) is 59.2 Å². The molecule has 0 aliphatic carbocycles. The van der Waals surface area contributed by atoms with Crippen LogP contribution in [0, 0.1) is 0 Å². The van der Waals surface area contributed by atoms with Crippen molar-refractivity contribution in [2.45, 2.75) is 31.0 Å². The third kappa shape index (κ3) is 6.06. The van der Waals surface area contributed by atoms with Gasteiger partial charge in [0.1, 0.15) is 5.82 Å². The highest BCUT2D eigenvalue weighted by Gasteiger charge is 2.18. The van der Waals surface area contributed by atoms with Gasteiger partial charge in [-0.3, -0.25) is 9.36 Å². The molecule has 1 aromatic heterocycles. The number of hydrogen-bond acceptors (Lipinski definition) is 6. The predicted molar refractivity (Wildman–Crippen MR) is 114 cm³/mol. The maximum atomic E-state index is 11.6. The number of nitrogens with zero attached hydrogens (tertiary/aromatic N) is 3. The summed E-state index contributed by atoms with van der Waals surface area (Å²) in [5.74, 6) is 0.668. The smallest absolute Gasteiger partial charge is 0.308 e. The van der Waals surface area contributed by atoms with Crippen LogP contribution in [0.5, 0.6) is 0 Å². The number of benzene rings is 2. The van der Waals surface area contributed by atoms with Gasteiger partial charge in [-0.25, -0.2) is 0 Å². The quantitative estimate of drug-likeness (QED) is 0.408. The van der Waals surface area contributed by atoms with Crippen LogP contribution in [0.3, 0.4) is 0 Å². The Bertz CT molecular complexity index is 932. The second-order valence-corrected chi connectivity index (χ2v) is 7.77. The van der Waals surface area contributed by atoms with Gasteiger partial charge in [0.05, 0.1) is 19.1 Å². The van der Waals surface area contributed by atoms with Crippen LogP contribution in [0.4, 0.5) is 0 Å². The minimum absolute atomic E-state index is 0.0488. The number of aromatic nitrogens is 3. The predicted octanol–water partition coefficient (Wildman–Crippen LogP) is 3.92. The number of carbonyl (C=O) groups excluding carboxylic acids is 1. The number of halogens is 1. The lowest BCUT2D eigenvalue weighted by molar-refractivity contribution is -0.144. The van der Waals surface area contributed by atoms with Gasteiger partial charge in [0.2, 0.25) is 0 Å². The molecule has 0 fully saturated rings. The molecular weight excluding hydrogens is 410 g/mol. The monoisotopic (exact) mass is 431 g/mol. The zero-order valence-corrected chi connectivity index (χ0v) is 17.6. The third-order valence-corrected chi connectivity index (χ3v) is 5.43. The van der Waals surface area contributed by atoms with Crippen LogP contribution in [-0.2, 0) is 16.0 Å². The van der Waals surface area contributed by atoms with E-state index >= 15 is 0 Å². The molecule has 3 rings (SSSR count). The van der Waals surface area contributed by atoms with Crippen molar-refractivity contribution in [3.63, 3.8) is 0 Å². The summed E-state index contributed by atoms with van der Waals surface area (Å²) in [6.07, 6.45) is -0.262. The van der Waals surface area contributed by atoms with Crippen molar-refractivity contribution in [2.24, 2.45) is 0 Å². The summed E-state index contributed by atoms with van der Waals surface area (Å²) in [6, 6.07) is 17.5. The van der Waals surface area contributed by atoms with Gasteiger partial charge in [-0.1, -0.05) is 53.7 Å². The first-order chi connectivity index (χ1) is 14.1. The van der Waals surface area contributed by atoms with Crippen molar-refractivity contribution in [1.82, 2.24) is 14.8 Å². The van der Waals surface area contributed by atoms with E-state index < -0.39 is 12.1 Å². The Morgan fingerprint density at radius 3 is 2.59 bits per heavy atom. The van der Waals surface area contributed by atoms with Crippen LogP contribution in [0.25, 0.3) is 5.69 Å². The standard InChI is InChI=1S/C21H22ClN3O3S/c1-2-28-20(27)13-18(26)14-29-21-24-23-19(12-15-6-4-3-5-7-15)25(21)17-10-8-16(22)9-11-17/h3-11,18,26H,2,12-14H2,1H3. The summed E-state index contributed by atoms with van der Waals surface area (Å²) in [5.41, 5.74) is 2.00. The van der Waals surface area contributed by atoms with Crippen molar-refractivity contribution < 1.29 is 14.6 Å². The molecule has 3 aromatic rings. The Hall–Kier alpha value is -2.35. The first-order valence-electron chi connectivity index (χ1n) is 9.27. The minimum Gasteiger partial charge on any atom is -0.466 e. The van der Waals surface area contributed by atoms with Crippen molar-refractivity contribution >= 4 is 29.3 Å². The molecule has 6 nitrogen and oxygen atoms in total. The molecule has 0 saturated heterocycles. The Morgan fingerprint density at radius 1 is 1.17 bits per heavy atom. The molecule has 1 N–H and O–H groups in total. The minimum atomic E-state index is -0.827. The van der Waals surface area contributed by atoms with Gasteiger partial charge in [0.15, 0.2) is 5.16 Å². The Balaban J connectivity index is 1.81. The molecule has 8 heteroatoms. The number of rotatable bonds is 9. The van der Waals surface area contributed by atoms with Crippen LogP contribution >= 0.6 is 23.4 Å². The average Bonchev–Trinajstić information content (AvgIpc) is 3.10. The fourth-order valence-corrected chi connectivity index (χ4v) is 3.80. The molecule has 0 aliphatic rings. The number of aliphatic hydroxyl groups is 1. The van der Waals surface area contributed by atoms with E-state index in [1.54, 1.807) is 6.92 Å². The number of hydrogen-bond donors (Lipinski definition) is 1. The topological polar surface area (TPSA) is 77.2 Å². The Kier molecular flexibility index (Phi) is 7.69. The normalized spacial score (nSPS) is 12.0. The molecule has 0 bridgehead atoms. The van der Waals surface area contributed by atoms with Crippen molar-refractivity contribution in [1.29, 1.82) is 0 Å². The van der Waals surface area contributed by atoms with E-state index in [4.69, 9.17) is 16.3 Å². The maximum Gasteiger partial charge on any atom is 0.308 e. The average molecular weight is 432 g/mol. The SMILES string of the molecule is CCOC(=O)CC(O)CSc1nnc(Cc2ccccc2)n1-c1ccc(Cl)cc1. The van der Waals surface area contributed by atoms with Crippen molar-refractivity contribution in [3.05, 3.63) is 71.0 Å². The first-order valence-corrected chi connectivity index (χ1v) is 10.6. The lowest BCUT2D eigenvalue weighted by Crippen LogP contribution is -2.18. The lowest BCUT2D eigenvalue weighted by Gasteiger charge is -2.12. The molecule has 1 unspecified atom stereocenters. The lowest BCUT2D eigenvalue weighted by atomic mass is 10.1. The van der Waals surface area contributed by atoms with E-state index in [0.717, 1.165) is 17.1 Å². The van der Waals surface area contributed by atoms with Gasteiger partial charge in [0.25, 0.3) is 0 Å². The zero-order chi connectivity index (χ0) is 20.6. The largest absolute Gasteiger partial charge is 0.466 e. The summed E-state index contributed by atoms with van der Waals surface area (Å²) in [5, 5.41) is 20.1. The van der Waals surface area contributed by atoms with Crippen LogP contribution in [0.1, 0.15) is 24.7 Å². The maximum absolute atomic E-state index is 11.6. The van der Waals surface area contributed by atoms with E-state index in [0.29, 0.717) is 29.0 Å². The summed E-state index contributed by atoms with van der Waals surface area (Å²) >= 11 is 7.38. The molecule has 1 atom stereocenters. The van der Waals surface area contributed by atoms with E-state index in [-0.39, 0.29) is 6.42 Å². The molecule has 0 aliphatic heterocycles. The highest BCUT2D eigenvalue weighted by Crippen LogP contribution is 2.25. The van der Waals surface area contributed by atoms with Crippen molar-refractivity contribution in [2.75, 3.05) is 12.4 Å². The number of carbonyl (C=O) groups is 1. The fourth-order valence-electron chi connectivity index (χ4n) is 2.78. The van der Waals surface area contributed by atoms with Gasteiger partial charge in [-0.2, -0.15) is 0 Å². The molecule has 0 spiro atoms. The van der Waals surface area contributed by atoms with Gasteiger partial charge >= 0.3 is 5.97 Å². The van der Waals surface area contributed by atoms with Crippen LogP contribution < -0.4 is 0 Å². The number of thioether (sulfide) groups is 1. The summed E-state index contributed by atoms with van der Waals surface area (Å²) in [6.45, 7) is 2.04. The van der Waals surface area contributed by atoms with E-state index in [9.17, 15) is 9.90 Å². The Labute approximate surface area is 178 Å². The second kappa shape index (κ2) is 10.4. The first kappa shape index (κ1) is 21.4. The summed E-state index contributed by atoms with van der Waals surface area (Å²) < 4.78 is 6.83. The van der Waals surface area contributed by atoms with Crippen LogP contribution in [0.2, 0.25) is 5.02 Å². The van der Waals surface area contributed by atoms with Gasteiger partial charge in [-0.15, -0.1) is 10.2 Å². The van der Waals surface area contributed by atoms with E-state index in [1.165, 1.54) is 11.8 Å². The van der Waals surface area contributed by atoms with E-state index in [2.05, 4.69) is 10.2 Å². The number of ether oxygens (including phenoxy) is 1. The molecule has 1 heterocycles. The molecule has 2 aromatic carbocycles. The Morgan fingerprint density at radius 2 is 1.90 bits per heavy atom. The van der Waals surface area contributed by atoms with Gasteiger partial charge in [-0.05, 0) is 36.8 Å². The van der Waals surface area contributed by atoms with Crippen LogP contribution in [-0.4, -0.2) is 44.3 Å².